The van der Waals surface area contributed by atoms with Crippen molar-refractivity contribution in [1.29, 1.82) is 0 Å². The van der Waals surface area contributed by atoms with Crippen LogP contribution in [0.25, 0.3) is 10.8 Å². The van der Waals surface area contributed by atoms with Crippen LogP contribution in [0.3, 0.4) is 0 Å². The molecule has 214 valence electrons. The fraction of sp³-hybridized carbons (Fsp3) is 0.135. The number of hydrogen-bond donors (Lipinski definition) is 1. The molecule has 1 saturated heterocycles. The number of amides is 3. The van der Waals surface area contributed by atoms with Crippen molar-refractivity contribution in [2.75, 3.05) is 4.90 Å². The predicted octanol–water partition coefficient (Wildman–Crippen LogP) is 6.39. The Morgan fingerprint density at radius 1 is 0.795 bits per heavy atom. The van der Waals surface area contributed by atoms with Crippen LogP contribution in [0, 0.1) is 11.8 Å². The Bertz CT molecular complexity index is 1980. The topological polar surface area (TPSA) is 78.8 Å². The summed E-state index contributed by atoms with van der Waals surface area (Å²) in [5, 5.41) is 6.90. The Kier molecular flexibility index (Phi) is 6.03. The Labute approximate surface area is 259 Å². The molecule has 2 bridgehead atoms. The van der Waals surface area contributed by atoms with Crippen molar-refractivity contribution < 1.29 is 14.4 Å². The molecule has 3 aliphatic carbocycles. The minimum absolute atomic E-state index is 0.120. The van der Waals surface area contributed by atoms with Crippen molar-refractivity contribution >= 4 is 52.0 Å². The van der Waals surface area contributed by atoms with Gasteiger partial charge in [0.05, 0.1) is 29.4 Å². The summed E-state index contributed by atoms with van der Waals surface area (Å²) in [5.74, 6) is -2.41. The first-order valence-corrected chi connectivity index (χ1v) is 15.0. The van der Waals surface area contributed by atoms with E-state index >= 15 is 0 Å². The van der Waals surface area contributed by atoms with Gasteiger partial charge < -0.3 is 0 Å². The summed E-state index contributed by atoms with van der Waals surface area (Å²) < 4.78 is 0. The zero-order valence-corrected chi connectivity index (χ0v) is 24.2. The van der Waals surface area contributed by atoms with Crippen molar-refractivity contribution in [1.82, 2.24) is 5.43 Å². The predicted molar refractivity (Wildman–Crippen MR) is 171 cm³/mol. The first-order valence-electron chi connectivity index (χ1n) is 14.6. The van der Waals surface area contributed by atoms with E-state index in [-0.39, 0.29) is 30.1 Å². The lowest BCUT2D eigenvalue weighted by Crippen LogP contribution is -2.54. The van der Waals surface area contributed by atoms with Crippen LogP contribution in [0.5, 0.6) is 0 Å². The van der Waals surface area contributed by atoms with Gasteiger partial charge in [-0.05, 0) is 51.4 Å². The van der Waals surface area contributed by atoms with Gasteiger partial charge in [0.2, 0.25) is 17.7 Å². The van der Waals surface area contributed by atoms with Crippen molar-refractivity contribution in [3.8, 4) is 0 Å². The molecule has 5 aromatic carbocycles. The zero-order chi connectivity index (χ0) is 30.0. The number of fused-ring (bicyclic) bond motifs is 1. The van der Waals surface area contributed by atoms with Crippen LogP contribution in [0.1, 0.15) is 33.7 Å². The van der Waals surface area contributed by atoms with Gasteiger partial charge in [0.1, 0.15) is 0 Å². The monoisotopic (exact) mass is 595 g/mol. The molecule has 0 spiro atoms. The van der Waals surface area contributed by atoms with E-state index in [0.29, 0.717) is 10.7 Å². The number of nitrogens with zero attached hydrogens (tertiary/aromatic N) is 2. The standard InChI is InChI=1S/C37H26ClN3O3/c38-24-18-16-22(17-19-24)20-31(42)40-39-21-37-28-13-5-3-11-26(28)32(27-12-4-6-14-29(27)37)33-34(37)36(44)41(35(33)43)30-15-7-9-23-8-1-2-10-25(23)30/h1-19,21,32-34H,20H2,(H,40,42)/b39-21-/t32?,33-,34+,37?/m1/s1. The van der Waals surface area contributed by atoms with Gasteiger partial charge in [-0.25, -0.2) is 10.3 Å². The van der Waals surface area contributed by atoms with Gasteiger partial charge in [-0.1, -0.05) is 109 Å². The molecule has 1 fully saturated rings. The summed E-state index contributed by atoms with van der Waals surface area (Å²) in [7, 11) is 0. The average Bonchev–Trinajstić information content (AvgIpc) is 3.32. The van der Waals surface area contributed by atoms with E-state index in [1.54, 1.807) is 30.5 Å². The van der Waals surface area contributed by atoms with Crippen LogP contribution in [-0.4, -0.2) is 23.9 Å². The van der Waals surface area contributed by atoms with Gasteiger partial charge in [-0.2, -0.15) is 5.10 Å². The van der Waals surface area contributed by atoms with Gasteiger partial charge in [0.25, 0.3) is 0 Å². The lowest BCUT2D eigenvalue weighted by Gasteiger charge is -2.52. The number of anilines is 1. The minimum Gasteiger partial charge on any atom is -0.274 e. The minimum atomic E-state index is -1.06. The second kappa shape index (κ2) is 10.00. The van der Waals surface area contributed by atoms with Gasteiger partial charge in [-0.3, -0.25) is 14.4 Å². The van der Waals surface area contributed by atoms with Gasteiger partial charge >= 0.3 is 0 Å². The smallest absolute Gasteiger partial charge is 0.244 e. The number of hydrogen-bond acceptors (Lipinski definition) is 4. The normalized spacial score (nSPS) is 23.1. The summed E-state index contributed by atoms with van der Waals surface area (Å²) in [4.78, 5) is 43.6. The number of carbonyl (C=O) groups excluding carboxylic acids is 3. The van der Waals surface area contributed by atoms with E-state index in [0.717, 1.165) is 38.6 Å². The number of hydrazone groups is 1. The fourth-order valence-electron chi connectivity index (χ4n) is 7.72. The van der Waals surface area contributed by atoms with Crippen LogP contribution in [0.4, 0.5) is 5.69 Å². The molecule has 7 heteroatoms. The average molecular weight is 596 g/mol. The highest BCUT2D eigenvalue weighted by molar-refractivity contribution is 6.30. The second-order valence-corrected chi connectivity index (χ2v) is 12.1. The largest absolute Gasteiger partial charge is 0.274 e. The molecule has 4 aliphatic rings. The quantitative estimate of drug-likeness (QED) is 0.145. The number of imide groups is 1. The summed E-state index contributed by atoms with van der Waals surface area (Å²) in [6.45, 7) is 0. The van der Waals surface area contributed by atoms with Crippen molar-refractivity contribution in [3.63, 3.8) is 0 Å². The molecule has 9 rings (SSSR count). The van der Waals surface area contributed by atoms with E-state index in [4.69, 9.17) is 11.6 Å². The third-order valence-corrected chi connectivity index (χ3v) is 9.68. The highest BCUT2D eigenvalue weighted by Gasteiger charge is 2.68. The SMILES string of the molecule is O=C(Cc1ccc(Cl)cc1)N/N=C\C12c3ccccc3C(c3ccccc31)[C@H]1C(=O)N(c3cccc4ccccc34)C(=O)[C@H]12. The number of nitrogens with one attached hydrogen (secondary N) is 1. The second-order valence-electron chi connectivity index (χ2n) is 11.6. The first-order chi connectivity index (χ1) is 21.5. The highest BCUT2D eigenvalue weighted by atomic mass is 35.5. The van der Waals surface area contributed by atoms with E-state index in [9.17, 15) is 14.4 Å². The van der Waals surface area contributed by atoms with Crippen molar-refractivity contribution in [2.45, 2.75) is 17.8 Å². The molecular weight excluding hydrogens is 570 g/mol. The molecule has 2 atom stereocenters. The van der Waals surface area contributed by atoms with Crippen LogP contribution in [-0.2, 0) is 26.2 Å². The molecule has 44 heavy (non-hydrogen) atoms. The number of carbonyl (C=O) groups is 3. The third-order valence-electron chi connectivity index (χ3n) is 9.43. The maximum absolute atomic E-state index is 14.7. The van der Waals surface area contributed by atoms with Crippen LogP contribution >= 0.6 is 11.6 Å². The number of halogens is 1. The number of rotatable bonds is 5. The molecule has 1 heterocycles. The van der Waals surface area contributed by atoms with E-state index in [1.807, 2.05) is 91.0 Å². The molecule has 0 saturated carbocycles. The molecular formula is C37H26ClN3O3. The number of benzene rings is 5. The highest BCUT2D eigenvalue weighted by Crippen LogP contribution is 2.63. The van der Waals surface area contributed by atoms with Gasteiger partial charge in [0.15, 0.2) is 0 Å². The van der Waals surface area contributed by atoms with Crippen molar-refractivity contribution in [3.05, 3.63) is 148 Å². The Morgan fingerprint density at radius 3 is 2.16 bits per heavy atom. The van der Waals surface area contributed by atoms with Crippen molar-refractivity contribution in [2.24, 2.45) is 16.9 Å². The molecule has 3 amide bonds. The van der Waals surface area contributed by atoms with Crippen LogP contribution in [0.15, 0.2) is 120 Å². The van der Waals surface area contributed by atoms with Gasteiger partial charge in [0, 0.05) is 22.5 Å². The Balaban J connectivity index is 1.26. The van der Waals surface area contributed by atoms with E-state index in [2.05, 4.69) is 10.5 Å². The Morgan fingerprint density at radius 2 is 1.43 bits per heavy atom. The summed E-state index contributed by atoms with van der Waals surface area (Å²) in [5.41, 5.74) is 6.89. The fourth-order valence-corrected chi connectivity index (χ4v) is 7.85. The molecule has 1 N–H and O–H groups in total. The lowest BCUT2D eigenvalue weighted by atomic mass is 9.47. The van der Waals surface area contributed by atoms with E-state index in [1.165, 1.54) is 4.90 Å². The lowest BCUT2D eigenvalue weighted by molar-refractivity contribution is -0.123. The molecule has 0 unspecified atom stereocenters. The van der Waals surface area contributed by atoms with Crippen LogP contribution in [0.2, 0.25) is 5.02 Å². The molecule has 5 aromatic rings. The first kappa shape index (κ1) is 26.5. The summed E-state index contributed by atoms with van der Waals surface area (Å²) in [6.07, 6.45) is 1.81. The van der Waals surface area contributed by atoms with Crippen LogP contribution < -0.4 is 10.3 Å². The Hall–Kier alpha value is -5.07. The molecule has 0 radical (unpaired) electrons. The third kappa shape index (κ3) is 3.74. The summed E-state index contributed by atoms with van der Waals surface area (Å²) >= 11 is 6.00. The maximum Gasteiger partial charge on any atom is 0.244 e. The molecule has 6 nitrogen and oxygen atoms in total. The van der Waals surface area contributed by atoms with Gasteiger partial charge in [-0.15, -0.1) is 0 Å². The maximum atomic E-state index is 14.7. The zero-order valence-electron chi connectivity index (χ0n) is 23.5. The summed E-state index contributed by atoms with van der Waals surface area (Å²) in [6, 6.07) is 36.6. The molecule has 0 aromatic heterocycles. The molecule has 1 aliphatic heterocycles. The van der Waals surface area contributed by atoms with E-state index < -0.39 is 17.3 Å².